The predicted octanol–water partition coefficient (Wildman–Crippen LogP) is 1.73. The van der Waals surface area contributed by atoms with E-state index in [2.05, 4.69) is 9.97 Å². The first-order valence-electron chi connectivity index (χ1n) is 4.52. The van der Waals surface area contributed by atoms with Gasteiger partial charge in [0.2, 0.25) is 5.88 Å². The van der Waals surface area contributed by atoms with Crippen molar-refractivity contribution in [3.8, 4) is 17.1 Å². The third-order valence-corrected chi connectivity index (χ3v) is 2.01. The van der Waals surface area contributed by atoms with E-state index in [1.165, 1.54) is 0 Å². The van der Waals surface area contributed by atoms with E-state index in [0.717, 1.165) is 11.3 Å². The zero-order valence-corrected chi connectivity index (χ0v) is 8.34. The summed E-state index contributed by atoms with van der Waals surface area (Å²) in [7, 11) is 1.58. The molecular weight excluding hydrogens is 190 g/mol. The maximum absolute atomic E-state index is 5.60. The molecule has 4 heteroatoms. The summed E-state index contributed by atoms with van der Waals surface area (Å²) >= 11 is 0. The molecule has 2 rings (SSSR count). The summed E-state index contributed by atoms with van der Waals surface area (Å²) in [4.78, 5) is 8.30. The number of rotatable bonds is 2. The van der Waals surface area contributed by atoms with E-state index in [1.54, 1.807) is 25.4 Å². The molecule has 0 aliphatic rings. The van der Waals surface area contributed by atoms with Crippen molar-refractivity contribution in [2.24, 2.45) is 0 Å². The van der Waals surface area contributed by atoms with Gasteiger partial charge in [-0.1, -0.05) is 6.07 Å². The molecule has 0 amide bonds. The zero-order valence-electron chi connectivity index (χ0n) is 8.34. The van der Waals surface area contributed by atoms with Crippen LogP contribution in [-0.2, 0) is 0 Å². The fourth-order valence-corrected chi connectivity index (χ4v) is 1.26. The number of hydrogen-bond donors (Lipinski definition) is 1. The van der Waals surface area contributed by atoms with Crippen molar-refractivity contribution in [2.75, 3.05) is 12.8 Å². The van der Waals surface area contributed by atoms with Crippen LogP contribution in [0.4, 0.5) is 5.82 Å². The van der Waals surface area contributed by atoms with Crippen LogP contribution in [0, 0.1) is 0 Å². The maximum Gasteiger partial charge on any atom is 0.212 e. The summed E-state index contributed by atoms with van der Waals surface area (Å²) in [5.41, 5.74) is 7.33. The first-order valence-corrected chi connectivity index (χ1v) is 4.52. The summed E-state index contributed by atoms with van der Waals surface area (Å²) in [5, 5.41) is 0. The zero-order chi connectivity index (χ0) is 10.7. The summed E-state index contributed by atoms with van der Waals surface area (Å²) in [6.45, 7) is 0. The fourth-order valence-electron chi connectivity index (χ4n) is 1.26. The second-order valence-electron chi connectivity index (χ2n) is 3.04. The van der Waals surface area contributed by atoms with Crippen molar-refractivity contribution in [3.05, 3.63) is 36.5 Å². The Morgan fingerprint density at radius 2 is 2.07 bits per heavy atom. The van der Waals surface area contributed by atoms with Crippen LogP contribution in [0.3, 0.4) is 0 Å². The fraction of sp³-hybridized carbons (Fsp3) is 0.0909. The van der Waals surface area contributed by atoms with Gasteiger partial charge in [0.15, 0.2) is 0 Å². The standard InChI is InChI=1S/C11H11N3O/c1-15-11-6-5-8(7-13-11)9-3-2-4-10(12)14-9/h2-7H,1H3,(H2,12,14). The minimum Gasteiger partial charge on any atom is -0.481 e. The molecule has 0 radical (unpaired) electrons. The molecule has 2 aromatic heterocycles. The number of ether oxygens (including phenoxy) is 1. The Morgan fingerprint density at radius 3 is 2.67 bits per heavy atom. The molecule has 0 saturated carbocycles. The van der Waals surface area contributed by atoms with E-state index >= 15 is 0 Å². The van der Waals surface area contributed by atoms with E-state index in [-0.39, 0.29) is 0 Å². The molecule has 0 saturated heterocycles. The molecule has 2 N–H and O–H groups in total. The molecule has 2 aromatic rings. The van der Waals surface area contributed by atoms with E-state index in [9.17, 15) is 0 Å². The molecule has 76 valence electrons. The second-order valence-corrected chi connectivity index (χ2v) is 3.04. The quantitative estimate of drug-likeness (QED) is 0.803. The van der Waals surface area contributed by atoms with Crippen LogP contribution in [0.25, 0.3) is 11.3 Å². The Balaban J connectivity index is 2.37. The lowest BCUT2D eigenvalue weighted by molar-refractivity contribution is 0.398. The molecule has 4 nitrogen and oxygen atoms in total. The van der Waals surface area contributed by atoms with E-state index in [4.69, 9.17) is 10.5 Å². The largest absolute Gasteiger partial charge is 0.481 e. The van der Waals surface area contributed by atoms with Crippen LogP contribution in [-0.4, -0.2) is 17.1 Å². The van der Waals surface area contributed by atoms with Gasteiger partial charge in [0, 0.05) is 17.8 Å². The number of aromatic nitrogens is 2. The summed E-state index contributed by atoms with van der Waals surface area (Å²) in [6.07, 6.45) is 1.71. The number of nitrogens with zero attached hydrogens (tertiary/aromatic N) is 2. The highest BCUT2D eigenvalue weighted by Crippen LogP contribution is 2.18. The van der Waals surface area contributed by atoms with Gasteiger partial charge < -0.3 is 10.5 Å². The number of anilines is 1. The molecule has 0 spiro atoms. The van der Waals surface area contributed by atoms with Gasteiger partial charge >= 0.3 is 0 Å². The van der Waals surface area contributed by atoms with E-state index in [1.807, 2.05) is 18.2 Å². The third kappa shape index (κ3) is 2.04. The second kappa shape index (κ2) is 3.96. The summed E-state index contributed by atoms with van der Waals surface area (Å²) in [6, 6.07) is 9.19. The molecular formula is C11H11N3O. The van der Waals surface area contributed by atoms with Crippen molar-refractivity contribution in [2.45, 2.75) is 0 Å². The van der Waals surface area contributed by atoms with Crippen LogP contribution < -0.4 is 10.5 Å². The number of nitrogens with two attached hydrogens (primary N) is 1. The maximum atomic E-state index is 5.60. The van der Waals surface area contributed by atoms with Gasteiger partial charge in [0.1, 0.15) is 5.82 Å². The minimum absolute atomic E-state index is 0.503. The Kier molecular flexibility index (Phi) is 2.49. The van der Waals surface area contributed by atoms with Gasteiger partial charge in [-0.3, -0.25) is 0 Å². The van der Waals surface area contributed by atoms with E-state index < -0.39 is 0 Å². The highest BCUT2D eigenvalue weighted by molar-refractivity contribution is 5.59. The van der Waals surface area contributed by atoms with Gasteiger partial charge in [0.05, 0.1) is 12.8 Å². The van der Waals surface area contributed by atoms with Crippen molar-refractivity contribution >= 4 is 5.82 Å². The minimum atomic E-state index is 0.503. The number of hydrogen-bond acceptors (Lipinski definition) is 4. The first-order chi connectivity index (χ1) is 7.29. The summed E-state index contributed by atoms with van der Waals surface area (Å²) in [5.74, 6) is 1.09. The molecule has 0 bridgehead atoms. The van der Waals surface area contributed by atoms with Gasteiger partial charge in [-0.25, -0.2) is 9.97 Å². The Morgan fingerprint density at radius 1 is 1.20 bits per heavy atom. The first kappa shape index (κ1) is 9.45. The van der Waals surface area contributed by atoms with Crippen molar-refractivity contribution in [1.82, 2.24) is 9.97 Å². The Bertz CT molecular complexity index is 454. The van der Waals surface area contributed by atoms with Crippen molar-refractivity contribution in [3.63, 3.8) is 0 Å². The highest BCUT2D eigenvalue weighted by atomic mass is 16.5. The molecule has 0 aliphatic heterocycles. The smallest absolute Gasteiger partial charge is 0.212 e. The van der Waals surface area contributed by atoms with Crippen LogP contribution in [0.5, 0.6) is 5.88 Å². The number of methoxy groups -OCH3 is 1. The average Bonchev–Trinajstić information content (AvgIpc) is 2.29. The molecule has 0 unspecified atom stereocenters. The lowest BCUT2D eigenvalue weighted by atomic mass is 10.2. The Labute approximate surface area is 87.7 Å². The number of nitrogen functional groups attached to an aromatic ring is 1. The van der Waals surface area contributed by atoms with Crippen molar-refractivity contribution in [1.29, 1.82) is 0 Å². The highest BCUT2D eigenvalue weighted by Gasteiger charge is 2.00. The normalized spacial score (nSPS) is 9.93. The molecule has 2 heterocycles. The number of pyridine rings is 2. The van der Waals surface area contributed by atoms with Crippen molar-refractivity contribution < 1.29 is 4.74 Å². The summed E-state index contributed by atoms with van der Waals surface area (Å²) < 4.78 is 4.97. The lowest BCUT2D eigenvalue weighted by Crippen LogP contribution is -1.92. The lowest BCUT2D eigenvalue weighted by Gasteiger charge is -2.02. The van der Waals surface area contributed by atoms with Crippen LogP contribution >= 0.6 is 0 Å². The van der Waals surface area contributed by atoms with Crippen LogP contribution in [0.2, 0.25) is 0 Å². The molecule has 0 aromatic carbocycles. The van der Waals surface area contributed by atoms with E-state index in [0.29, 0.717) is 11.7 Å². The van der Waals surface area contributed by atoms with Crippen LogP contribution in [0.1, 0.15) is 0 Å². The average molecular weight is 201 g/mol. The monoisotopic (exact) mass is 201 g/mol. The predicted molar refractivity (Wildman–Crippen MR) is 58.4 cm³/mol. The van der Waals surface area contributed by atoms with Gasteiger partial charge in [-0.05, 0) is 18.2 Å². The molecule has 0 atom stereocenters. The molecule has 0 fully saturated rings. The van der Waals surface area contributed by atoms with Crippen LogP contribution in [0.15, 0.2) is 36.5 Å². The van der Waals surface area contributed by atoms with Gasteiger partial charge in [-0.2, -0.15) is 0 Å². The van der Waals surface area contributed by atoms with Gasteiger partial charge in [-0.15, -0.1) is 0 Å². The topological polar surface area (TPSA) is 61.0 Å². The Hall–Kier alpha value is -2.10. The third-order valence-electron chi connectivity index (χ3n) is 2.01. The molecule has 0 aliphatic carbocycles. The molecule has 15 heavy (non-hydrogen) atoms. The van der Waals surface area contributed by atoms with Gasteiger partial charge in [0.25, 0.3) is 0 Å². The SMILES string of the molecule is COc1ccc(-c2cccc(N)n2)cn1.